The van der Waals surface area contributed by atoms with Gasteiger partial charge in [0.15, 0.2) is 5.78 Å². The Morgan fingerprint density at radius 1 is 0.926 bits per heavy atom. The molecule has 0 N–H and O–H groups in total. The smallest absolute Gasteiger partial charge is 0.166 e. The van der Waals surface area contributed by atoms with Gasteiger partial charge >= 0.3 is 0 Å². The van der Waals surface area contributed by atoms with E-state index in [1.807, 2.05) is 35.9 Å². The summed E-state index contributed by atoms with van der Waals surface area (Å²) in [5, 5.41) is 0. The average Bonchev–Trinajstić information content (AvgIpc) is 3.18. The van der Waals surface area contributed by atoms with Crippen molar-refractivity contribution in [1.82, 2.24) is 0 Å². The van der Waals surface area contributed by atoms with E-state index in [1.54, 1.807) is 5.57 Å². The number of Topliss-reactive ketones (excluding diaryl/α,β-unsaturated/α-hetero) is 1. The predicted octanol–water partition coefficient (Wildman–Crippen LogP) is 6.84. The number of ketones is 1. The Labute approximate surface area is 164 Å². The van der Waals surface area contributed by atoms with Crippen molar-refractivity contribution >= 4 is 5.78 Å². The Bertz CT molecular complexity index is 790. The van der Waals surface area contributed by atoms with Gasteiger partial charge in [-0.2, -0.15) is 0 Å². The van der Waals surface area contributed by atoms with Gasteiger partial charge in [0, 0.05) is 11.5 Å². The van der Waals surface area contributed by atoms with Crippen LogP contribution in [0.15, 0.2) is 41.5 Å². The summed E-state index contributed by atoms with van der Waals surface area (Å²) in [4.78, 5) is 13.3. The molecule has 0 amide bonds. The first-order chi connectivity index (χ1) is 12.9. The van der Waals surface area contributed by atoms with E-state index in [1.165, 1.54) is 44.9 Å². The molecule has 0 aliphatic heterocycles. The second-order valence-electron chi connectivity index (χ2n) is 10.5. The lowest BCUT2D eigenvalue weighted by Gasteiger charge is -2.56. The van der Waals surface area contributed by atoms with E-state index in [0.717, 1.165) is 29.7 Å². The average molecular weight is 363 g/mol. The molecule has 1 heteroatoms. The number of rotatable bonds is 2. The molecule has 0 spiro atoms. The van der Waals surface area contributed by atoms with Crippen molar-refractivity contribution in [3.05, 3.63) is 47.0 Å². The molecule has 0 heterocycles. The van der Waals surface area contributed by atoms with Gasteiger partial charge in [-0.25, -0.2) is 0 Å². The van der Waals surface area contributed by atoms with E-state index in [-0.39, 0.29) is 11.3 Å². The zero-order chi connectivity index (χ0) is 18.8. The fourth-order valence-corrected chi connectivity index (χ4v) is 8.17. The van der Waals surface area contributed by atoms with E-state index in [4.69, 9.17) is 0 Å². The highest BCUT2D eigenvalue weighted by Gasteiger charge is 2.60. The second-order valence-corrected chi connectivity index (χ2v) is 10.5. The maximum atomic E-state index is 13.3. The lowest BCUT2D eigenvalue weighted by molar-refractivity contribution is -0.0412. The first-order valence-electron chi connectivity index (χ1n) is 11.2. The van der Waals surface area contributed by atoms with Crippen LogP contribution in [0.25, 0.3) is 0 Å². The Hall–Kier alpha value is -1.37. The highest BCUT2D eigenvalue weighted by molar-refractivity contribution is 5.98. The molecule has 4 aliphatic rings. The molecule has 1 aromatic carbocycles. The molecule has 0 aromatic heterocycles. The molecule has 27 heavy (non-hydrogen) atoms. The molecule has 144 valence electrons. The normalized spacial score (nSPS) is 43.2. The highest BCUT2D eigenvalue weighted by atomic mass is 16.1. The monoisotopic (exact) mass is 362 g/mol. The maximum absolute atomic E-state index is 13.3. The summed E-state index contributed by atoms with van der Waals surface area (Å²) in [6.45, 7) is 7.44. The molecule has 3 fully saturated rings. The van der Waals surface area contributed by atoms with Gasteiger partial charge < -0.3 is 0 Å². The molecule has 1 aromatic rings. The quantitative estimate of drug-likeness (QED) is 0.416. The molecule has 6 atom stereocenters. The van der Waals surface area contributed by atoms with Crippen LogP contribution >= 0.6 is 0 Å². The van der Waals surface area contributed by atoms with E-state index >= 15 is 0 Å². The summed E-state index contributed by atoms with van der Waals surface area (Å²) in [6.07, 6.45) is 10.4. The van der Waals surface area contributed by atoms with Crippen LogP contribution in [0.1, 0.15) is 82.5 Å². The molecule has 0 unspecified atom stereocenters. The Balaban J connectivity index is 1.44. The Kier molecular flexibility index (Phi) is 3.98. The molecule has 5 rings (SSSR count). The molecular formula is C26H34O. The number of hydrogen-bond acceptors (Lipinski definition) is 1. The molecule has 1 nitrogen and oxygen atoms in total. The van der Waals surface area contributed by atoms with Gasteiger partial charge in [-0.05, 0) is 86.9 Å². The van der Waals surface area contributed by atoms with Crippen molar-refractivity contribution < 1.29 is 4.79 Å². The molecule has 0 radical (unpaired) electrons. The highest BCUT2D eigenvalue weighted by Crippen LogP contribution is 2.68. The minimum absolute atomic E-state index is 0.222. The van der Waals surface area contributed by atoms with Crippen molar-refractivity contribution in [2.45, 2.75) is 72.1 Å². The molecule has 0 saturated heterocycles. The largest absolute Gasteiger partial charge is 0.294 e. The van der Waals surface area contributed by atoms with E-state index < -0.39 is 0 Å². The van der Waals surface area contributed by atoms with Crippen LogP contribution in [-0.4, -0.2) is 5.78 Å². The van der Waals surface area contributed by atoms with Gasteiger partial charge in [0.05, 0.1) is 0 Å². The molecule has 4 aliphatic carbocycles. The topological polar surface area (TPSA) is 17.1 Å². The molecule has 0 bridgehead atoms. The zero-order valence-corrected chi connectivity index (χ0v) is 17.3. The standard InChI is InChI=1S/C26H34O/c1-17-13-15-25(2)20(17)10-9-19-21-11-12-23(26(21,3)16-14-22(19)25)24(27)18-7-5-4-6-8-18/h4-8,19,21-23H,9-16H2,1-3H3/t19-,21+,22+,23-,25-,26-/m1/s1. The van der Waals surface area contributed by atoms with Crippen molar-refractivity contribution in [2.75, 3.05) is 0 Å². The number of fused-ring (bicyclic) bond motifs is 5. The summed E-state index contributed by atoms with van der Waals surface area (Å²) in [6, 6.07) is 10.1. The van der Waals surface area contributed by atoms with Crippen molar-refractivity contribution in [3.8, 4) is 0 Å². The minimum atomic E-state index is 0.222. The third-order valence-electron chi connectivity index (χ3n) is 9.58. The first kappa shape index (κ1) is 17.7. The summed E-state index contributed by atoms with van der Waals surface area (Å²) < 4.78 is 0. The van der Waals surface area contributed by atoms with Gasteiger partial charge in [0.1, 0.15) is 0 Å². The van der Waals surface area contributed by atoms with Crippen LogP contribution in [0.4, 0.5) is 0 Å². The van der Waals surface area contributed by atoms with Crippen LogP contribution in [0.5, 0.6) is 0 Å². The molecule has 3 saturated carbocycles. The van der Waals surface area contributed by atoms with Crippen LogP contribution in [-0.2, 0) is 0 Å². The lowest BCUT2D eigenvalue weighted by Crippen LogP contribution is -2.49. The summed E-state index contributed by atoms with van der Waals surface area (Å²) >= 11 is 0. The zero-order valence-electron chi connectivity index (χ0n) is 17.3. The van der Waals surface area contributed by atoms with Crippen molar-refractivity contribution in [2.24, 2.45) is 34.5 Å². The number of carbonyl (C=O) groups excluding carboxylic acids is 1. The third kappa shape index (κ3) is 2.39. The van der Waals surface area contributed by atoms with Crippen molar-refractivity contribution in [1.29, 1.82) is 0 Å². The Morgan fingerprint density at radius 2 is 1.70 bits per heavy atom. The predicted molar refractivity (Wildman–Crippen MR) is 111 cm³/mol. The SMILES string of the molecule is CC1=C2CC[C@@H]3[C@@H]4CC[C@H](C(=O)c5ccccc5)[C@]4(C)CC[C@@H]3[C@]2(C)CC1. The van der Waals surface area contributed by atoms with Gasteiger partial charge in [-0.15, -0.1) is 0 Å². The third-order valence-corrected chi connectivity index (χ3v) is 9.58. The van der Waals surface area contributed by atoms with E-state index in [9.17, 15) is 4.79 Å². The van der Waals surface area contributed by atoms with Crippen molar-refractivity contribution in [3.63, 3.8) is 0 Å². The van der Waals surface area contributed by atoms with Crippen LogP contribution in [0.2, 0.25) is 0 Å². The number of benzene rings is 1. The van der Waals surface area contributed by atoms with Crippen LogP contribution < -0.4 is 0 Å². The number of allylic oxidation sites excluding steroid dienone is 2. The minimum Gasteiger partial charge on any atom is -0.294 e. The number of carbonyl (C=O) groups is 1. The summed E-state index contributed by atoms with van der Waals surface area (Å²) in [7, 11) is 0. The van der Waals surface area contributed by atoms with Crippen LogP contribution in [0, 0.1) is 34.5 Å². The van der Waals surface area contributed by atoms with Crippen LogP contribution in [0.3, 0.4) is 0 Å². The molecular weight excluding hydrogens is 328 g/mol. The van der Waals surface area contributed by atoms with Gasteiger partial charge in [-0.3, -0.25) is 4.79 Å². The van der Waals surface area contributed by atoms with Gasteiger partial charge in [0.2, 0.25) is 0 Å². The Morgan fingerprint density at radius 3 is 2.48 bits per heavy atom. The lowest BCUT2D eigenvalue weighted by atomic mass is 9.48. The number of hydrogen-bond donors (Lipinski definition) is 0. The fraction of sp³-hybridized carbons (Fsp3) is 0.654. The summed E-state index contributed by atoms with van der Waals surface area (Å²) in [5.74, 6) is 3.12. The van der Waals surface area contributed by atoms with Gasteiger partial charge in [-0.1, -0.05) is 55.3 Å². The second kappa shape index (κ2) is 6.06. The van der Waals surface area contributed by atoms with Gasteiger partial charge in [0.25, 0.3) is 0 Å². The van der Waals surface area contributed by atoms with E-state index in [0.29, 0.717) is 11.2 Å². The fourth-order valence-electron chi connectivity index (χ4n) is 8.17. The van der Waals surface area contributed by atoms with E-state index in [2.05, 4.69) is 20.8 Å². The maximum Gasteiger partial charge on any atom is 0.166 e. The first-order valence-corrected chi connectivity index (χ1v) is 11.2. The summed E-state index contributed by atoms with van der Waals surface area (Å²) in [5.41, 5.74) is 5.14.